The molecule has 1 aromatic carbocycles. The fourth-order valence-corrected chi connectivity index (χ4v) is 3.93. The fraction of sp³-hybridized carbons (Fsp3) is 0.571. The van der Waals surface area contributed by atoms with Crippen LogP contribution < -0.4 is 0 Å². The molecule has 3 atom stereocenters. The van der Waals surface area contributed by atoms with Gasteiger partial charge in [-0.3, -0.25) is 0 Å². The molecule has 3 heteroatoms. The van der Waals surface area contributed by atoms with Gasteiger partial charge >= 0.3 is 0 Å². The zero-order valence-electron chi connectivity index (χ0n) is 9.72. The molecule has 0 aromatic heterocycles. The average Bonchev–Trinajstić information content (AvgIpc) is 2.90. The van der Waals surface area contributed by atoms with E-state index in [1.807, 2.05) is 0 Å². The highest BCUT2D eigenvalue weighted by atomic mass is 79.9. The second-order valence-electron chi connectivity index (χ2n) is 5.51. The van der Waals surface area contributed by atoms with Crippen LogP contribution in [0.3, 0.4) is 0 Å². The van der Waals surface area contributed by atoms with Gasteiger partial charge in [0.15, 0.2) is 0 Å². The van der Waals surface area contributed by atoms with Crippen LogP contribution in [-0.4, -0.2) is 0 Å². The number of fused-ring (bicyclic) bond motifs is 1. The third-order valence-corrected chi connectivity index (χ3v) is 5.51. The van der Waals surface area contributed by atoms with Gasteiger partial charge in [-0.25, -0.2) is 8.78 Å². The van der Waals surface area contributed by atoms with Crippen molar-refractivity contribution >= 4 is 15.9 Å². The van der Waals surface area contributed by atoms with Gasteiger partial charge in [0, 0.05) is 16.5 Å². The van der Waals surface area contributed by atoms with Gasteiger partial charge in [0.1, 0.15) is 11.6 Å². The maximum atomic E-state index is 13.8. The maximum absolute atomic E-state index is 13.8. The molecule has 3 unspecified atom stereocenters. The summed E-state index contributed by atoms with van der Waals surface area (Å²) >= 11 is 3.61. The molecule has 1 aromatic rings. The highest BCUT2D eigenvalue weighted by Crippen LogP contribution is 2.58. The van der Waals surface area contributed by atoms with Gasteiger partial charge < -0.3 is 0 Å². The van der Waals surface area contributed by atoms with Crippen LogP contribution in [0.4, 0.5) is 8.78 Å². The molecule has 0 bridgehead atoms. The molecule has 2 aliphatic rings. The van der Waals surface area contributed by atoms with Gasteiger partial charge in [0.25, 0.3) is 0 Å². The Labute approximate surface area is 109 Å². The highest BCUT2D eigenvalue weighted by Gasteiger charge is 2.47. The van der Waals surface area contributed by atoms with Gasteiger partial charge in [0.05, 0.1) is 0 Å². The van der Waals surface area contributed by atoms with Crippen molar-refractivity contribution in [3.05, 3.63) is 34.9 Å². The minimum Gasteiger partial charge on any atom is -0.207 e. The van der Waals surface area contributed by atoms with Crippen LogP contribution >= 0.6 is 15.9 Å². The topological polar surface area (TPSA) is 0 Å². The van der Waals surface area contributed by atoms with E-state index in [1.165, 1.54) is 19.3 Å². The first-order valence-electron chi connectivity index (χ1n) is 6.16. The number of rotatable bonds is 2. The number of aryl methyl sites for hydroxylation is 1. The summed E-state index contributed by atoms with van der Waals surface area (Å²) in [6.45, 7) is 1.68. The van der Waals surface area contributed by atoms with Crippen molar-refractivity contribution in [2.45, 2.75) is 31.0 Å². The summed E-state index contributed by atoms with van der Waals surface area (Å²) < 4.78 is 27.0. The summed E-state index contributed by atoms with van der Waals surface area (Å²) in [5.74, 6) is 1.39. The van der Waals surface area contributed by atoms with Crippen molar-refractivity contribution in [2.75, 3.05) is 0 Å². The van der Waals surface area contributed by atoms with Gasteiger partial charge in [-0.05, 0) is 55.6 Å². The normalized spacial score (nSPS) is 32.4. The van der Waals surface area contributed by atoms with Crippen molar-refractivity contribution in [1.29, 1.82) is 0 Å². The van der Waals surface area contributed by atoms with Crippen molar-refractivity contribution in [3.63, 3.8) is 0 Å². The monoisotopic (exact) mass is 300 g/mol. The van der Waals surface area contributed by atoms with E-state index in [9.17, 15) is 8.78 Å². The lowest BCUT2D eigenvalue weighted by Crippen LogP contribution is -2.08. The lowest BCUT2D eigenvalue weighted by molar-refractivity contribution is 0.466. The van der Waals surface area contributed by atoms with E-state index >= 15 is 0 Å². The molecule has 0 N–H and O–H groups in total. The summed E-state index contributed by atoms with van der Waals surface area (Å²) in [7, 11) is 0. The summed E-state index contributed by atoms with van der Waals surface area (Å²) in [5, 5.41) is 0. The molecule has 17 heavy (non-hydrogen) atoms. The van der Waals surface area contributed by atoms with Gasteiger partial charge in [0.2, 0.25) is 0 Å². The molecule has 92 valence electrons. The number of halogens is 3. The Bertz CT molecular complexity index is 448. The van der Waals surface area contributed by atoms with Gasteiger partial charge in [-0.1, -0.05) is 15.9 Å². The maximum Gasteiger partial charge on any atom is 0.130 e. The number of alkyl halides is 1. The van der Waals surface area contributed by atoms with Crippen LogP contribution in [0.2, 0.25) is 0 Å². The largest absolute Gasteiger partial charge is 0.207 e. The number of hydrogen-bond acceptors (Lipinski definition) is 0. The van der Waals surface area contributed by atoms with E-state index < -0.39 is 11.6 Å². The third-order valence-electron chi connectivity index (χ3n) is 4.27. The van der Waals surface area contributed by atoms with Crippen LogP contribution in [-0.2, 0) is 0 Å². The van der Waals surface area contributed by atoms with Crippen molar-refractivity contribution in [2.24, 2.45) is 17.8 Å². The van der Waals surface area contributed by atoms with Crippen LogP contribution in [0.25, 0.3) is 0 Å². The average molecular weight is 301 g/mol. The van der Waals surface area contributed by atoms with E-state index in [2.05, 4.69) is 15.9 Å². The Hall–Kier alpha value is -0.440. The standard InChI is InChI=1S/C14H15BrF2/c1-7-2-11(13(17)6-12(7)16)14(15)10-4-8-3-9(8)5-10/h2,6,8-10,14H,3-5H2,1H3. The molecule has 0 spiro atoms. The molecule has 2 fully saturated rings. The molecule has 2 aliphatic carbocycles. The van der Waals surface area contributed by atoms with Crippen LogP contribution in [0.15, 0.2) is 12.1 Å². The molecule has 0 nitrogen and oxygen atoms in total. The summed E-state index contributed by atoms with van der Waals surface area (Å²) in [6, 6.07) is 2.66. The van der Waals surface area contributed by atoms with Crippen molar-refractivity contribution in [1.82, 2.24) is 0 Å². The van der Waals surface area contributed by atoms with Crippen molar-refractivity contribution in [3.8, 4) is 0 Å². The molecule has 0 amide bonds. The Morgan fingerprint density at radius 3 is 2.41 bits per heavy atom. The molecular formula is C14H15BrF2. The molecular weight excluding hydrogens is 286 g/mol. The fourth-order valence-electron chi connectivity index (χ4n) is 3.15. The van der Waals surface area contributed by atoms with Crippen LogP contribution in [0, 0.1) is 36.3 Å². The smallest absolute Gasteiger partial charge is 0.130 e. The first kappa shape index (κ1) is 11.6. The molecule has 0 heterocycles. The van der Waals surface area contributed by atoms with Crippen LogP contribution in [0.1, 0.15) is 35.2 Å². The van der Waals surface area contributed by atoms with Gasteiger partial charge in [-0.2, -0.15) is 0 Å². The molecule has 0 radical (unpaired) electrons. The Balaban J connectivity index is 1.85. The van der Waals surface area contributed by atoms with E-state index in [0.29, 0.717) is 17.0 Å². The molecule has 0 aliphatic heterocycles. The summed E-state index contributed by atoms with van der Waals surface area (Å²) in [6.07, 6.45) is 3.74. The predicted molar refractivity (Wildman–Crippen MR) is 67.1 cm³/mol. The molecule has 2 saturated carbocycles. The first-order valence-corrected chi connectivity index (χ1v) is 7.07. The van der Waals surface area contributed by atoms with Crippen molar-refractivity contribution < 1.29 is 8.78 Å². The van der Waals surface area contributed by atoms with E-state index in [-0.39, 0.29) is 4.83 Å². The quantitative estimate of drug-likeness (QED) is 0.691. The molecule has 3 rings (SSSR count). The minimum absolute atomic E-state index is 0.0367. The van der Waals surface area contributed by atoms with Crippen LogP contribution in [0.5, 0.6) is 0 Å². The number of hydrogen-bond donors (Lipinski definition) is 0. The predicted octanol–water partition coefficient (Wildman–Crippen LogP) is 4.76. The zero-order chi connectivity index (χ0) is 12.2. The first-order chi connectivity index (χ1) is 8.06. The Morgan fingerprint density at radius 2 is 1.76 bits per heavy atom. The van der Waals surface area contributed by atoms with E-state index in [0.717, 1.165) is 17.9 Å². The minimum atomic E-state index is -0.458. The second-order valence-corrected chi connectivity index (χ2v) is 6.50. The SMILES string of the molecule is Cc1cc(C(Br)C2CC3CC3C2)c(F)cc1F. The lowest BCUT2D eigenvalue weighted by Gasteiger charge is -2.20. The van der Waals surface area contributed by atoms with Gasteiger partial charge in [-0.15, -0.1) is 0 Å². The van der Waals surface area contributed by atoms with E-state index in [4.69, 9.17) is 0 Å². The number of benzene rings is 1. The summed E-state index contributed by atoms with van der Waals surface area (Å²) in [4.78, 5) is 0.0367. The highest BCUT2D eigenvalue weighted by molar-refractivity contribution is 9.09. The zero-order valence-corrected chi connectivity index (χ0v) is 11.3. The second kappa shape index (κ2) is 4.04. The Morgan fingerprint density at radius 1 is 1.12 bits per heavy atom. The third kappa shape index (κ3) is 2.03. The lowest BCUT2D eigenvalue weighted by atomic mass is 9.93. The summed E-state index contributed by atoms with van der Waals surface area (Å²) in [5.41, 5.74) is 1.14. The molecule has 0 saturated heterocycles. The Kier molecular flexibility index (Phi) is 2.77. The van der Waals surface area contributed by atoms with E-state index in [1.54, 1.807) is 13.0 Å².